The van der Waals surface area contributed by atoms with Crippen molar-refractivity contribution >= 4 is 50.9 Å². The van der Waals surface area contributed by atoms with Gasteiger partial charge in [-0.25, -0.2) is 0 Å². The van der Waals surface area contributed by atoms with Crippen molar-refractivity contribution in [1.29, 1.82) is 0 Å². The summed E-state index contributed by atoms with van der Waals surface area (Å²) in [5.74, 6) is 0.359. The molecule has 6 heteroatoms. The van der Waals surface area contributed by atoms with E-state index in [0.717, 1.165) is 27.0 Å². The summed E-state index contributed by atoms with van der Waals surface area (Å²) >= 11 is 4.95. The van der Waals surface area contributed by atoms with Crippen molar-refractivity contribution < 1.29 is 9.59 Å². The average molecular weight is 419 g/mol. The highest BCUT2D eigenvalue weighted by Crippen LogP contribution is 2.30. The van der Waals surface area contributed by atoms with Crippen LogP contribution in [-0.4, -0.2) is 24.1 Å². The zero-order chi connectivity index (χ0) is 17.8. The van der Waals surface area contributed by atoms with Crippen LogP contribution >= 0.6 is 27.7 Å². The van der Waals surface area contributed by atoms with Crippen molar-refractivity contribution in [2.45, 2.75) is 24.7 Å². The van der Waals surface area contributed by atoms with Gasteiger partial charge in [0.05, 0.1) is 17.1 Å². The van der Waals surface area contributed by atoms with Crippen molar-refractivity contribution in [2.75, 3.05) is 22.5 Å². The number of carbonyl (C=O) groups excluding carboxylic acids is 2. The quantitative estimate of drug-likeness (QED) is 0.720. The molecule has 3 rings (SSSR count). The Bertz CT molecular complexity index is 810. The lowest BCUT2D eigenvalue weighted by molar-refractivity contribution is -0.117. The number of benzene rings is 2. The first kappa shape index (κ1) is 18.0. The van der Waals surface area contributed by atoms with Gasteiger partial charge in [-0.15, -0.1) is 11.8 Å². The average Bonchev–Trinajstić information content (AvgIpc) is 3.00. The Hall–Kier alpha value is -1.79. The number of anilines is 2. The number of thioether (sulfide) groups is 1. The summed E-state index contributed by atoms with van der Waals surface area (Å²) in [4.78, 5) is 27.2. The molecule has 1 saturated heterocycles. The van der Waals surface area contributed by atoms with E-state index in [1.165, 1.54) is 11.8 Å². The van der Waals surface area contributed by atoms with E-state index in [4.69, 9.17) is 0 Å². The van der Waals surface area contributed by atoms with Crippen LogP contribution in [0, 0.1) is 6.92 Å². The smallest absolute Gasteiger partial charge is 0.234 e. The number of nitrogens with zero attached hydrogens (tertiary/aromatic N) is 1. The normalized spacial score (nSPS) is 14.0. The summed E-state index contributed by atoms with van der Waals surface area (Å²) in [6.45, 7) is 2.73. The van der Waals surface area contributed by atoms with Crippen LogP contribution in [0.15, 0.2) is 51.8 Å². The van der Waals surface area contributed by atoms with E-state index in [1.807, 2.05) is 49.4 Å². The zero-order valence-electron chi connectivity index (χ0n) is 13.9. The number of halogens is 1. The van der Waals surface area contributed by atoms with E-state index in [1.54, 1.807) is 4.90 Å². The Morgan fingerprint density at radius 2 is 2.08 bits per heavy atom. The van der Waals surface area contributed by atoms with Crippen LogP contribution < -0.4 is 10.2 Å². The Morgan fingerprint density at radius 3 is 2.80 bits per heavy atom. The molecule has 2 amide bonds. The number of hydrogen-bond donors (Lipinski definition) is 1. The van der Waals surface area contributed by atoms with E-state index in [0.29, 0.717) is 24.4 Å². The summed E-state index contributed by atoms with van der Waals surface area (Å²) in [5.41, 5.74) is 2.61. The molecule has 0 unspecified atom stereocenters. The van der Waals surface area contributed by atoms with Crippen LogP contribution in [0.1, 0.15) is 18.4 Å². The van der Waals surface area contributed by atoms with E-state index in [-0.39, 0.29) is 11.8 Å². The van der Waals surface area contributed by atoms with Crippen LogP contribution in [0.5, 0.6) is 0 Å². The van der Waals surface area contributed by atoms with Crippen molar-refractivity contribution in [2.24, 2.45) is 0 Å². The molecule has 4 nitrogen and oxygen atoms in total. The maximum atomic E-state index is 12.4. The van der Waals surface area contributed by atoms with Crippen molar-refractivity contribution in [3.63, 3.8) is 0 Å². The fourth-order valence-electron chi connectivity index (χ4n) is 2.82. The van der Waals surface area contributed by atoms with Crippen LogP contribution in [0.4, 0.5) is 11.4 Å². The predicted octanol–water partition coefficient (Wildman–Crippen LogP) is 4.62. The van der Waals surface area contributed by atoms with E-state index < -0.39 is 0 Å². The number of carbonyl (C=O) groups is 2. The number of amides is 2. The highest BCUT2D eigenvalue weighted by atomic mass is 79.9. The second kappa shape index (κ2) is 8.06. The molecule has 1 heterocycles. The fraction of sp³-hybridized carbons (Fsp3) is 0.263. The van der Waals surface area contributed by atoms with Crippen LogP contribution in [0.2, 0.25) is 0 Å². The topological polar surface area (TPSA) is 49.4 Å². The Morgan fingerprint density at radius 1 is 1.28 bits per heavy atom. The first-order valence-corrected chi connectivity index (χ1v) is 9.90. The van der Waals surface area contributed by atoms with Crippen LogP contribution in [0.25, 0.3) is 0 Å². The van der Waals surface area contributed by atoms with E-state index in [2.05, 4.69) is 21.2 Å². The molecule has 1 aliphatic heterocycles. The summed E-state index contributed by atoms with van der Waals surface area (Å²) in [7, 11) is 0. The zero-order valence-corrected chi connectivity index (χ0v) is 16.3. The lowest BCUT2D eigenvalue weighted by Gasteiger charge is -2.20. The van der Waals surface area contributed by atoms with Gasteiger partial charge in [-0.2, -0.15) is 0 Å². The summed E-state index contributed by atoms with van der Waals surface area (Å²) in [5, 5.41) is 2.95. The maximum Gasteiger partial charge on any atom is 0.234 e. The third-order valence-electron chi connectivity index (χ3n) is 4.04. The molecule has 1 fully saturated rings. The predicted molar refractivity (Wildman–Crippen MR) is 106 cm³/mol. The van der Waals surface area contributed by atoms with Gasteiger partial charge in [-0.05, 0) is 49.2 Å². The van der Waals surface area contributed by atoms with Crippen molar-refractivity contribution in [3.8, 4) is 0 Å². The van der Waals surface area contributed by atoms with Gasteiger partial charge < -0.3 is 10.2 Å². The second-order valence-electron chi connectivity index (χ2n) is 5.91. The molecule has 0 radical (unpaired) electrons. The Balaban J connectivity index is 1.66. The van der Waals surface area contributed by atoms with Crippen molar-refractivity contribution in [3.05, 3.63) is 52.5 Å². The molecular weight excluding hydrogens is 400 g/mol. The molecule has 0 aromatic heterocycles. The first-order chi connectivity index (χ1) is 12.0. The molecule has 0 spiro atoms. The fourth-order valence-corrected chi connectivity index (χ4v) is 4.11. The van der Waals surface area contributed by atoms with Gasteiger partial charge in [0.15, 0.2) is 0 Å². The molecule has 130 valence electrons. The van der Waals surface area contributed by atoms with E-state index in [9.17, 15) is 9.59 Å². The molecule has 0 saturated carbocycles. The number of hydrogen-bond acceptors (Lipinski definition) is 3. The van der Waals surface area contributed by atoms with Gasteiger partial charge in [0.1, 0.15) is 0 Å². The standard InChI is InChI=1S/C19H19BrN2O2S/c1-13-11-14(20)8-9-17(13)25-12-18(23)21-15-5-2-3-6-16(15)22-10-4-7-19(22)24/h2-3,5-6,8-9,11H,4,7,10,12H2,1H3,(H,21,23). The molecule has 0 aliphatic carbocycles. The first-order valence-electron chi connectivity index (χ1n) is 8.13. The van der Waals surface area contributed by atoms with Crippen LogP contribution in [-0.2, 0) is 9.59 Å². The number of para-hydroxylation sites is 2. The lowest BCUT2D eigenvalue weighted by Crippen LogP contribution is -2.25. The molecule has 0 atom stereocenters. The maximum absolute atomic E-state index is 12.4. The summed E-state index contributed by atoms with van der Waals surface area (Å²) in [6.07, 6.45) is 1.43. The van der Waals surface area contributed by atoms with E-state index >= 15 is 0 Å². The van der Waals surface area contributed by atoms with Gasteiger partial charge in [-0.1, -0.05) is 28.1 Å². The largest absolute Gasteiger partial charge is 0.324 e. The molecule has 0 bridgehead atoms. The number of aryl methyl sites for hydroxylation is 1. The minimum Gasteiger partial charge on any atom is -0.324 e. The lowest BCUT2D eigenvalue weighted by atomic mass is 10.2. The SMILES string of the molecule is Cc1cc(Br)ccc1SCC(=O)Nc1ccccc1N1CCCC1=O. The Labute approximate surface area is 160 Å². The highest BCUT2D eigenvalue weighted by molar-refractivity contribution is 9.10. The molecule has 2 aromatic rings. The molecule has 1 aliphatic rings. The molecule has 25 heavy (non-hydrogen) atoms. The number of nitrogens with one attached hydrogen (secondary N) is 1. The number of rotatable bonds is 5. The van der Waals surface area contributed by atoms with Crippen LogP contribution in [0.3, 0.4) is 0 Å². The minimum atomic E-state index is -0.0774. The molecule has 2 aromatic carbocycles. The Kier molecular flexibility index (Phi) is 5.81. The minimum absolute atomic E-state index is 0.0774. The third kappa shape index (κ3) is 4.44. The molecular formula is C19H19BrN2O2S. The highest BCUT2D eigenvalue weighted by Gasteiger charge is 2.24. The molecule has 1 N–H and O–H groups in total. The summed E-state index contributed by atoms with van der Waals surface area (Å²) < 4.78 is 1.03. The van der Waals surface area contributed by atoms with Gasteiger partial charge in [0, 0.05) is 22.3 Å². The summed E-state index contributed by atoms with van der Waals surface area (Å²) in [6, 6.07) is 13.5. The van der Waals surface area contributed by atoms with Gasteiger partial charge >= 0.3 is 0 Å². The van der Waals surface area contributed by atoms with Gasteiger partial charge in [0.2, 0.25) is 11.8 Å². The second-order valence-corrected chi connectivity index (χ2v) is 7.85. The van der Waals surface area contributed by atoms with Crippen molar-refractivity contribution in [1.82, 2.24) is 0 Å². The van der Waals surface area contributed by atoms with Gasteiger partial charge in [-0.3, -0.25) is 9.59 Å². The monoisotopic (exact) mass is 418 g/mol. The third-order valence-corrected chi connectivity index (χ3v) is 5.71. The van der Waals surface area contributed by atoms with Gasteiger partial charge in [0.25, 0.3) is 0 Å².